The van der Waals surface area contributed by atoms with Gasteiger partial charge in [-0.1, -0.05) is 152 Å². The topological polar surface area (TPSA) is 0 Å². The zero-order chi connectivity index (χ0) is 28.8. The van der Waals surface area contributed by atoms with Crippen molar-refractivity contribution in [2.45, 2.75) is 0 Å². The van der Waals surface area contributed by atoms with Gasteiger partial charge in [-0.15, -0.1) is 0 Å². The molecule has 0 radical (unpaired) electrons. The molecular weight excluding hydrogens is 523 g/mol. The molecule has 0 aliphatic rings. The molecule has 0 aliphatic heterocycles. The molecule has 0 amide bonds. The number of rotatable bonds is 4. The molecule has 8 aromatic carbocycles. The number of halogens is 1. The maximum Gasteiger partial charge on any atom is 0.132 e. The Morgan fingerprint density at radius 1 is 0.302 bits per heavy atom. The van der Waals surface area contributed by atoms with Gasteiger partial charge in [0.2, 0.25) is 0 Å². The summed E-state index contributed by atoms with van der Waals surface area (Å²) in [7, 11) is 0. The van der Waals surface area contributed by atoms with E-state index >= 15 is 4.39 Å². The predicted octanol–water partition coefficient (Wildman–Crippen LogP) is 12.0. The van der Waals surface area contributed by atoms with Gasteiger partial charge >= 0.3 is 0 Å². The highest BCUT2D eigenvalue weighted by Gasteiger charge is 2.23. The van der Waals surface area contributed by atoms with Crippen LogP contribution in [0.2, 0.25) is 0 Å². The third-order valence-corrected chi connectivity index (χ3v) is 8.52. The van der Waals surface area contributed by atoms with Crippen molar-refractivity contribution in [2.75, 3.05) is 0 Å². The molecule has 8 rings (SSSR count). The van der Waals surface area contributed by atoms with E-state index in [2.05, 4.69) is 109 Å². The molecule has 1 heteroatoms. The summed E-state index contributed by atoms with van der Waals surface area (Å²) in [5.74, 6) is -0.228. The van der Waals surface area contributed by atoms with E-state index in [-0.39, 0.29) is 5.82 Å². The Bertz CT molecular complexity index is 2220. The van der Waals surface area contributed by atoms with Gasteiger partial charge in [0.15, 0.2) is 0 Å². The number of hydrogen-bond acceptors (Lipinski definition) is 0. The van der Waals surface area contributed by atoms with Gasteiger partial charge in [-0.05, 0) is 77.8 Å². The fourth-order valence-corrected chi connectivity index (χ4v) is 6.63. The standard InChI is InChI=1S/C42H27F/c43-39-27-31(28-14-3-1-4-15-28)26-38(30-16-5-2-6-17-30)42(39)41-36-23-11-9-21-34(36)40(35-22-10-12-24-37(35)41)33-25-13-19-29-18-7-8-20-32(29)33/h1-27H. The Hall–Kier alpha value is -5.53. The summed E-state index contributed by atoms with van der Waals surface area (Å²) < 4.78 is 16.9. The van der Waals surface area contributed by atoms with Crippen LogP contribution in [0.15, 0.2) is 164 Å². The van der Waals surface area contributed by atoms with Gasteiger partial charge in [-0.3, -0.25) is 0 Å². The zero-order valence-electron chi connectivity index (χ0n) is 23.5. The second-order valence-electron chi connectivity index (χ2n) is 11.0. The van der Waals surface area contributed by atoms with Gasteiger partial charge in [0.25, 0.3) is 0 Å². The van der Waals surface area contributed by atoms with Gasteiger partial charge in [-0.25, -0.2) is 4.39 Å². The van der Waals surface area contributed by atoms with E-state index in [1.807, 2.05) is 48.5 Å². The summed E-state index contributed by atoms with van der Waals surface area (Å²) in [5.41, 5.74) is 7.63. The maximum atomic E-state index is 16.9. The molecule has 0 bridgehead atoms. The monoisotopic (exact) mass is 550 g/mol. The van der Waals surface area contributed by atoms with E-state index < -0.39 is 0 Å². The second-order valence-corrected chi connectivity index (χ2v) is 11.0. The first-order valence-corrected chi connectivity index (χ1v) is 14.6. The minimum absolute atomic E-state index is 0.228. The molecule has 0 saturated carbocycles. The highest BCUT2D eigenvalue weighted by Crippen LogP contribution is 2.48. The third-order valence-electron chi connectivity index (χ3n) is 8.52. The lowest BCUT2D eigenvalue weighted by atomic mass is 9.82. The van der Waals surface area contributed by atoms with Gasteiger partial charge < -0.3 is 0 Å². The highest BCUT2D eigenvalue weighted by molar-refractivity contribution is 6.24. The van der Waals surface area contributed by atoms with Gasteiger partial charge in [0.1, 0.15) is 5.82 Å². The van der Waals surface area contributed by atoms with Crippen molar-refractivity contribution in [3.8, 4) is 44.5 Å². The van der Waals surface area contributed by atoms with Crippen LogP contribution in [0.3, 0.4) is 0 Å². The summed E-state index contributed by atoms with van der Waals surface area (Å²) in [6, 6.07) is 56.1. The van der Waals surface area contributed by atoms with E-state index in [0.29, 0.717) is 5.56 Å². The molecule has 0 saturated heterocycles. The van der Waals surface area contributed by atoms with Crippen LogP contribution in [0.25, 0.3) is 76.8 Å². The van der Waals surface area contributed by atoms with Gasteiger partial charge in [-0.2, -0.15) is 0 Å². The lowest BCUT2D eigenvalue weighted by molar-refractivity contribution is 0.632. The maximum absolute atomic E-state index is 16.9. The molecule has 0 nitrogen and oxygen atoms in total. The summed E-state index contributed by atoms with van der Waals surface area (Å²) >= 11 is 0. The molecule has 0 aliphatic carbocycles. The van der Waals surface area contributed by atoms with E-state index in [1.54, 1.807) is 6.07 Å². The summed E-state index contributed by atoms with van der Waals surface area (Å²) in [5, 5.41) is 6.69. The smallest absolute Gasteiger partial charge is 0.132 e. The van der Waals surface area contributed by atoms with Crippen molar-refractivity contribution < 1.29 is 4.39 Å². The molecular formula is C42H27F. The van der Waals surface area contributed by atoms with Gasteiger partial charge in [0, 0.05) is 11.1 Å². The largest absolute Gasteiger partial charge is 0.206 e. The predicted molar refractivity (Wildman–Crippen MR) is 181 cm³/mol. The molecule has 0 N–H and O–H groups in total. The summed E-state index contributed by atoms with van der Waals surface area (Å²) in [6.45, 7) is 0. The Kier molecular flexibility index (Phi) is 6.09. The van der Waals surface area contributed by atoms with E-state index in [9.17, 15) is 0 Å². The molecule has 0 unspecified atom stereocenters. The van der Waals surface area contributed by atoms with Crippen molar-refractivity contribution in [3.63, 3.8) is 0 Å². The molecule has 43 heavy (non-hydrogen) atoms. The number of hydrogen-bond donors (Lipinski definition) is 0. The first kappa shape index (κ1) is 25.2. The highest BCUT2D eigenvalue weighted by atomic mass is 19.1. The molecule has 0 atom stereocenters. The second kappa shape index (κ2) is 10.4. The van der Waals surface area contributed by atoms with Crippen LogP contribution in [0, 0.1) is 5.82 Å². The van der Waals surface area contributed by atoms with Crippen LogP contribution in [-0.2, 0) is 0 Å². The Labute approximate surface area is 250 Å². The number of fused-ring (bicyclic) bond motifs is 3. The molecule has 8 aromatic rings. The molecule has 0 aromatic heterocycles. The van der Waals surface area contributed by atoms with E-state index in [4.69, 9.17) is 0 Å². The third kappa shape index (κ3) is 4.21. The van der Waals surface area contributed by atoms with Crippen molar-refractivity contribution in [3.05, 3.63) is 170 Å². The van der Waals surface area contributed by atoms with Crippen molar-refractivity contribution in [2.24, 2.45) is 0 Å². The SMILES string of the molecule is Fc1cc(-c2ccccc2)cc(-c2ccccc2)c1-c1c2ccccc2c(-c2cccc3ccccc23)c2ccccc12. The molecule has 0 fully saturated rings. The van der Waals surface area contributed by atoms with Crippen molar-refractivity contribution in [1.29, 1.82) is 0 Å². The summed E-state index contributed by atoms with van der Waals surface area (Å²) in [4.78, 5) is 0. The van der Waals surface area contributed by atoms with E-state index in [1.165, 1.54) is 21.9 Å². The Morgan fingerprint density at radius 3 is 1.42 bits per heavy atom. The molecule has 0 heterocycles. The van der Waals surface area contributed by atoms with Gasteiger partial charge in [0.05, 0.1) is 0 Å². The first-order valence-electron chi connectivity index (χ1n) is 14.6. The van der Waals surface area contributed by atoms with Crippen LogP contribution < -0.4 is 0 Å². The normalized spacial score (nSPS) is 11.4. The Morgan fingerprint density at radius 2 is 0.791 bits per heavy atom. The quantitative estimate of drug-likeness (QED) is 0.191. The van der Waals surface area contributed by atoms with E-state index in [0.717, 1.165) is 49.4 Å². The minimum Gasteiger partial charge on any atom is -0.206 e. The minimum atomic E-state index is -0.228. The number of benzene rings is 8. The van der Waals surface area contributed by atoms with Crippen LogP contribution in [-0.4, -0.2) is 0 Å². The fraction of sp³-hybridized carbons (Fsp3) is 0. The fourth-order valence-electron chi connectivity index (χ4n) is 6.63. The van der Waals surface area contributed by atoms with Crippen molar-refractivity contribution in [1.82, 2.24) is 0 Å². The van der Waals surface area contributed by atoms with Crippen molar-refractivity contribution >= 4 is 32.3 Å². The lowest BCUT2D eigenvalue weighted by Gasteiger charge is -2.21. The zero-order valence-corrected chi connectivity index (χ0v) is 23.5. The van der Waals surface area contributed by atoms with Crippen LogP contribution in [0.1, 0.15) is 0 Å². The van der Waals surface area contributed by atoms with Crippen LogP contribution >= 0.6 is 0 Å². The first-order chi connectivity index (χ1) is 21.3. The van der Waals surface area contributed by atoms with Crippen LogP contribution in [0.4, 0.5) is 4.39 Å². The lowest BCUT2D eigenvalue weighted by Crippen LogP contribution is -1.96. The Balaban J connectivity index is 1.52. The average molecular weight is 551 g/mol. The summed E-state index contributed by atoms with van der Waals surface area (Å²) in [6.07, 6.45) is 0. The average Bonchev–Trinajstić information content (AvgIpc) is 3.08. The molecule has 202 valence electrons. The molecule has 0 spiro atoms. The van der Waals surface area contributed by atoms with Crippen LogP contribution in [0.5, 0.6) is 0 Å².